The van der Waals surface area contributed by atoms with E-state index < -0.39 is 0 Å². The number of methoxy groups -OCH3 is 1. The van der Waals surface area contributed by atoms with Crippen LogP contribution in [0.5, 0.6) is 5.88 Å². The summed E-state index contributed by atoms with van der Waals surface area (Å²) in [4.78, 5) is 12.9. The van der Waals surface area contributed by atoms with E-state index in [-0.39, 0.29) is 0 Å². The molecule has 100 valence electrons. The molecule has 0 bridgehead atoms. The maximum absolute atomic E-state index is 5.16. The van der Waals surface area contributed by atoms with Crippen LogP contribution in [-0.2, 0) is 0 Å². The summed E-state index contributed by atoms with van der Waals surface area (Å²) in [6.45, 7) is 0. The fraction of sp³-hybridized carbons (Fsp3) is 0.0714. The van der Waals surface area contributed by atoms with Gasteiger partial charge in [-0.3, -0.25) is 4.98 Å². The number of nitrogens with zero attached hydrogens (tertiary/aromatic N) is 3. The Balaban J connectivity index is 2.01. The van der Waals surface area contributed by atoms with Crippen molar-refractivity contribution in [3.05, 3.63) is 47.2 Å². The van der Waals surface area contributed by atoms with Crippen LogP contribution in [0.2, 0.25) is 0 Å². The van der Waals surface area contributed by atoms with Crippen LogP contribution < -0.4 is 10.1 Å². The van der Waals surface area contributed by atoms with E-state index >= 15 is 0 Å². The predicted octanol–water partition coefficient (Wildman–Crippen LogP) is 3.54. The van der Waals surface area contributed by atoms with Gasteiger partial charge in [-0.2, -0.15) is 4.98 Å². The lowest BCUT2D eigenvalue weighted by atomic mass is 10.2. The molecule has 20 heavy (non-hydrogen) atoms. The minimum Gasteiger partial charge on any atom is -0.480 e. The van der Waals surface area contributed by atoms with Gasteiger partial charge in [-0.1, -0.05) is 18.2 Å². The normalized spacial score (nSPS) is 10.5. The Labute approximate surface area is 124 Å². The molecule has 0 radical (unpaired) electrons. The van der Waals surface area contributed by atoms with Crippen LogP contribution >= 0.6 is 15.9 Å². The summed E-state index contributed by atoms with van der Waals surface area (Å²) in [5.41, 5.74) is 1.73. The highest BCUT2D eigenvalue weighted by atomic mass is 79.9. The third-order valence-corrected chi connectivity index (χ3v) is 3.33. The number of benzene rings is 1. The summed E-state index contributed by atoms with van der Waals surface area (Å²) in [7, 11) is 1.57. The van der Waals surface area contributed by atoms with Gasteiger partial charge < -0.3 is 10.1 Å². The summed E-state index contributed by atoms with van der Waals surface area (Å²) < 4.78 is 5.87. The zero-order valence-corrected chi connectivity index (χ0v) is 12.3. The SMILES string of the molecule is COc1nc(Nc2cccc3cccnc23)ncc1Br. The van der Waals surface area contributed by atoms with E-state index in [1.54, 1.807) is 19.5 Å². The van der Waals surface area contributed by atoms with Crippen molar-refractivity contribution in [2.45, 2.75) is 0 Å². The number of hydrogen-bond donors (Lipinski definition) is 1. The monoisotopic (exact) mass is 330 g/mol. The van der Waals surface area contributed by atoms with E-state index in [2.05, 4.69) is 36.2 Å². The Kier molecular flexibility index (Phi) is 3.47. The number of halogens is 1. The molecule has 0 amide bonds. The highest BCUT2D eigenvalue weighted by molar-refractivity contribution is 9.10. The first-order valence-corrected chi connectivity index (χ1v) is 6.74. The summed E-state index contributed by atoms with van der Waals surface area (Å²) in [5.74, 6) is 0.943. The molecule has 0 fully saturated rings. The molecule has 1 N–H and O–H groups in total. The van der Waals surface area contributed by atoms with Crippen LogP contribution in [0.4, 0.5) is 11.6 Å². The van der Waals surface area contributed by atoms with Gasteiger partial charge in [-0.25, -0.2) is 4.98 Å². The molecule has 0 unspecified atom stereocenters. The zero-order valence-electron chi connectivity index (χ0n) is 10.7. The molecule has 0 saturated heterocycles. The van der Waals surface area contributed by atoms with Crippen molar-refractivity contribution in [1.82, 2.24) is 15.0 Å². The van der Waals surface area contributed by atoms with E-state index in [1.807, 2.05) is 30.3 Å². The van der Waals surface area contributed by atoms with Crippen LogP contribution in [0.3, 0.4) is 0 Å². The number of aromatic nitrogens is 3. The Bertz CT molecular complexity index is 758. The fourth-order valence-electron chi connectivity index (χ4n) is 1.88. The molecule has 6 heteroatoms. The van der Waals surface area contributed by atoms with Crippen LogP contribution in [-0.4, -0.2) is 22.1 Å². The van der Waals surface area contributed by atoms with Crippen molar-refractivity contribution in [3.63, 3.8) is 0 Å². The number of anilines is 2. The lowest BCUT2D eigenvalue weighted by Gasteiger charge is -2.09. The first kappa shape index (κ1) is 12.8. The molecule has 2 heterocycles. The number of nitrogens with one attached hydrogen (secondary N) is 1. The fourth-order valence-corrected chi connectivity index (χ4v) is 2.23. The first-order chi connectivity index (χ1) is 9.78. The maximum Gasteiger partial charge on any atom is 0.232 e. The summed E-state index contributed by atoms with van der Waals surface area (Å²) in [6.07, 6.45) is 3.41. The first-order valence-electron chi connectivity index (χ1n) is 5.95. The molecule has 3 rings (SSSR count). The highest BCUT2D eigenvalue weighted by Crippen LogP contribution is 2.26. The second-order valence-corrected chi connectivity index (χ2v) is 4.91. The summed E-state index contributed by atoms with van der Waals surface area (Å²) >= 11 is 3.33. The molecule has 0 spiro atoms. The average Bonchev–Trinajstić information content (AvgIpc) is 2.49. The van der Waals surface area contributed by atoms with Gasteiger partial charge in [0.2, 0.25) is 11.8 Å². The largest absolute Gasteiger partial charge is 0.480 e. The van der Waals surface area contributed by atoms with Gasteiger partial charge >= 0.3 is 0 Å². The average molecular weight is 331 g/mol. The minimum atomic E-state index is 0.461. The second-order valence-electron chi connectivity index (χ2n) is 4.06. The molecule has 2 aromatic heterocycles. The summed E-state index contributed by atoms with van der Waals surface area (Å²) in [5, 5.41) is 4.22. The van der Waals surface area contributed by atoms with Crippen molar-refractivity contribution in [2.75, 3.05) is 12.4 Å². The third kappa shape index (κ3) is 2.42. The standard InChI is InChI=1S/C14H11BrN4O/c1-20-13-10(15)8-17-14(19-13)18-11-6-2-4-9-5-3-7-16-12(9)11/h2-8H,1H3,(H,17,18,19). The van der Waals surface area contributed by atoms with Crippen molar-refractivity contribution in [3.8, 4) is 5.88 Å². The predicted molar refractivity (Wildman–Crippen MR) is 81.3 cm³/mol. The van der Waals surface area contributed by atoms with Gasteiger partial charge in [0.15, 0.2) is 0 Å². The van der Waals surface area contributed by atoms with Crippen LogP contribution in [0.15, 0.2) is 47.2 Å². The Morgan fingerprint density at radius 2 is 2.00 bits per heavy atom. The number of hydrogen-bond acceptors (Lipinski definition) is 5. The number of fused-ring (bicyclic) bond motifs is 1. The molecule has 5 nitrogen and oxygen atoms in total. The zero-order chi connectivity index (χ0) is 13.9. The highest BCUT2D eigenvalue weighted by Gasteiger charge is 2.07. The molecule has 0 saturated carbocycles. The van der Waals surface area contributed by atoms with Crippen molar-refractivity contribution in [1.29, 1.82) is 0 Å². The van der Waals surface area contributed by atoms with Crippen LogP contribution in [0.1, 0.15) is 0 Å². The molecule has 3 aromatic rings. The number of pyridine rings is 1. The molecule has 1 aromatic carbocycles. The molecule has 0 aliphatic heterocycles. The van der Waals surface area contributed by atoms with Crippen molar-refractivity contribution >= 4 is 38.5 Å². The van der Waals surface area contributed by atoms with Crippen LogP contribution in [0, 0.1) is 0 Å². The molecular formula is C14H11BrN4O. The Morgan fingerprint density at radius 1 is 1.15 bits per heavy atom. The number of ether oxygens (including phenoxy) is 1. The quantitative estimate of drug-likeness (QED) is 0.795. The maximum atomic E-state index is 5.16. The lowest BCUT2D eigenvalue weighted by Crippen LogP contribution is -2.00. The van der Waals surface area contributed by atoms with Gasteiger partial charge in [-0.05, 0) is 28.1 Å². The van der Waals surface area contributed by atoms with Gasteiger partial charge in [-0.15, -0.1) is 0 Å². The van der Waals surface area contributed by atoms with Crippen LogP contribution in [0.25, 0.3) is 10.9 Å². The van der Waals surface area contributed by atoms with Gasteiger partial charge in [0, 0.05) is 11.6 Å². The Morgan fingerprint density at radius 3 is 2.85 bits per heavy atom. The minimum absolute atomic E-state index is 0.461. The van der Waals surface area contributed by atoms with Gasteiger partial charge in [0.05, 0.1) is 29.0 Å². The van der Waals surface area contributed by atoms with Crippen molar-refractivity contribution in [2.24, 2.45) is 0 Å². The van der Waals surface area contributed by atoms with Crippen molar-refractivity contribution < 1.29 is 4.74 Å². The molecule has 0 atom stereocenters. The number of para-hydroxylation sites is 1. The molecule has 0 aliphatic carbocycles. The number of rotatable bonds is 3. The van der Waals surface area contributed by atoms with E-state index in [0.29, 0.717) is 16.3 Å². The summed E-state index contributed by atoms with van der Waals surface area (Å²) in [6, 6.07) is 9.83. The second kappa shape index (κ2) is 5.42. The van der Waals surface area contributed by atoms with E-state index in [0.717, 1.165) is 16.6 Å². The van der Waals surface area contributed by atoms with E-state index in [1.165, 1.54) is 0 Å². The Hall–Kier alpha value is -2.21. The third-order valence-electron chi connectivity index (χ3n) is 2.78. The van der Waals surface area contributed by atoms with Gasteiger partial charge in [0.1, 0.15) is 0 Å². The van der Waals surface area contributed by atoms with E-state index in [4.69, 9.17) is 4.74 Å². The molecular weight excluding hydrogens is 320 g/mol. The smallest absolute Gasteiger partial charge is 0.232 e. The lowest BCUT2D eigenvalue weighted by molar-refractivity contribution is 0.394. The topological polar surface area (TPSA) is 59.9 Å². The van der Waals surface area contributed by atoms with Gasteiger partial charge in [0.25, 0.3) is 0 Å². The van der Waals surface area contributed by atoms with E-state index in [9.17, 15) is 0 Å². The molecule has 0 aliphatic rings.